The van der Waals surface area contributed by atoms with Crippen LogP contribution in [-0.4, -0.2) is 24.6 Å². The number of rotatable bonds is 6. The number of hydrogen-bond donors (Lipinski definition) is 2. The Bertz CT molecular complexity index is 133. The summed E-state index contributed by atoms with van der Waals surface area (Å²) in [6.45, 7) is 0.622. The number of ether oxygens (including phenoxy) is 1. The molecule has 0 aliphatic rings. The lowest BCUT2D eigenvalue weighted by Crippen LogP contribution is -2.32. The molecular formula is C7H15ClN2O2. The number of hydrogen-bond acceptors (Lipinski definition) is 4. The van der Waals surface area contributed by atoms with Gasteiger partial charge in [0, 0.05) is 0 Å². The van der Waals surface area contributed by atoms with Gasteiger partial charge in [0.1, 0.15) is 6.04 Å². The quantitative estimate of drug-likeness (QED) is 0.359. The van der Waals surface area contributed by atoms with Crippen molar-refractivity contribution in [2.75, 3.05) is 12.6 Å². The van der Waals surface area contributed by atoms with E-state index < -0.39 is 12.0 Å². The number of nitrogens with two attached hydrogens (primary N) is 2. The van der Waals surface area contributed by atoms with Crippen molar-refractivity contribution >= 4 is 17.6 Å². The predicted octanol–water partition coefficient (Wildman–Crippen LogP) is 0.182. The highest BCUT2D eigenvalue weighted by molar-refractivity contribution is 6.17. The fourth-order valence-corrected chi connectivity index (χ4v) is 0.895. The van der Waals surface area contributed by atoms with Crippen LogP contribution in [0.15, 0.2) is 0 Å². The molecule has 0 rings (SSSR count). The van der Waals surface area contributed by atoms with E-state index in [9.17, 15) is 4.79 Å². The molecule has 5 heteroatoms. The van der Waals surface area contributed by atoms with Gasteiger partial charge in [-0.3, -0.25) is 4.79 Å². The van der Waals surface area contributed by atoms with Crippen LogP contribution in [0.3, 0.4) is 0 Å². The van der Waals surface area contributed by atoms with E-state index in [-0.39, 0.29) is 6.07 Å². The van der Waals surface area contributed by atoms with Crippen LogP contribution >= 0.6 is 11.6 Å². The molecular weight excluding hydrogens is 180 g/mol. The maximum absolute atomic E-state index is 10.9. The first-order valence-corrected chi connectivity index (χ1v) is 4.44. The van der Waals surface area contributed by atoms with E-state index in [0.29, 0.717) is 13.0 Å². The first-order valence-electron chi connectivity index (χ1n) is 3.90. The minimum atomic E-state index is -0.560. The number of esters is 1. The van der Waals surface area contributed by atoms with E-state index in [2.05, 4.69) is 4.74 Å². The highest BCUT2D eigenvalue weighted by Crippen LogP contribution is 2.00. The topological polar surface area (TPSA) is 78.3 Å². The predicted molar refractivity (Wildman–Crippen MR) is 47.7 cm³/mol. The zero-order valence-electron chi connectivity index (χ0n) is 6.96. The average molecular weight is 195 g/mol. The van der Waals surface area contributed by atoms with Gasteiger partial charge in [0.25, 0.3) is 0 Å². The van der Waals surface area contributed by atoms with Crippen LogP contribution in [0, 0.1) is 0 Å². The molecule has 4 nitrogen and oxygen atoms in total. The van der Waals surface area contributed by atoms with Crippen molar-refractivity contribution < 1.29 is 9.53 Å². The van der Waals surface area contributed by atoms with Gasteiger partial charge in [0.05, 0.1) is 0 Å². The second kappa shape index (κ2) is 7.34. The highest BCUT2D eigenvalue weighted by atomic mass is 35.5. The van der Waals surface area contributed by atoms with Crippen molar-refractivity contribution in [3.05, 3.63) is 0 Å². The normalized spacial score (nSPS) is 12.6. The van der Waals surface area contributed by atoms with Gasteiger partial charge in [-0.25, -0.2) is 0 Å². The minimum absolute atomic E-state index is 0.135. The Kier molecular flexibility index (Phi) is 7.14. The van der Waals surface area contributed by atoms with Crippen molar-refractivity contribution in [2.24, 2.45) is 11.5 Å². The standard InChI is InChI=1S/C7H15ClN2O2/c8-5-12-7(11)6(10)3-1-2-4-9/h6H,1-5,9-10H2/t6-/m0/s1. The van der Waals surface area contributed by atoms with Gasteiger partial charge in [0.2, 0.25) is 0 Å². The summed E-state index contributed by atoms with van der Waals surface area (Å²) in [6.07, 6.45) is 2.32. The molecule has 1 atom stereocenters. The third kappa shape index (κ3) is 5.35. The molecule has 4 N–H and O–H groups in total. The Morgan fingerprint density at radius 2 is 2.17 bits per heavy atom. The van der Waals surface area contributed by atoms with E-state index in [4.69, 9.17) is 23.1 Å². The second-order valence-electron chi connectivity index (χ2n) is 2.46. The van der Waals surface area contributed by atoms with Crippen LogP contribution < -0.4 is 11.5 Å². The van der Waals surface area contributed by atoms with Crippen molar-refractivity contribution in [1.82, 2.24) is 0 Å². The van der Waals surface area contributed by atoms with Crippen LogP contribution in [0.25, 0.3) is 0 Å². The fourth-order valence-electron chi connectivity index (χ4n) is 0.787. The van der Waals surface area contributed by atoms with Crippen LogP contribution in [0.4, 0.5) is 0 Å². The van der Waals surface area contributed by atoms with E-state index >= 15 is 0 Å². The first-order chi connectivity index (χ1) is 5.72. The van der Waals surface area contributed by atoms with Crippen molar-refractivity contribution in [1.29, 1.82) is 0 Å². The number of halogens is 1. The van der Waals surface area contributed by atoms with Crippen LogP contribution in [-0.2, 0) is 9.53 Å². The molecule has 0 saturated heterocycles. The monoisotopic (exact) mass is 194 g/mol. The van der Waals surface area contributed by atoms with E-state index in [1.165, 1.54) is 0 Å². The van der Waals surface area contributed by atoms with Gasteiger partial charge in [-0.1, -0.05) is 18.0 Å². The van der Waals surface area contributed by atoms with E-state index in [1.807, 2.05) is 0 Å². The van der Waals surface area contributed by atoms with Crippen LogP contribution in [0.1, 0.15) is 19.3 Å². The Morgan fingerprint density at radius 3 is 2.67 bits per heavy atom. The summed E-state index contributed by atoms with van der Waals surface area (Å²) in [6, 6.07) is -0.695. The van der Waals surface area contributed by atoms with Crippen LogP contribution in [0.5, 0.6) is 0 Å². The summed E-state index contributed by atoms with van der Waals surface area (Å²) >= 11 is 5.18. The summed E-state index contributed by atoms with van der Waals surface area (Å²) in [5, 5.41) is 0. The average Bonchev–Trinajstić information content (AvgIpc) is 2.05. The van der Waals surface area contributed by atoms with Gasteiger partial charge in [-0.15, -0.1) is 0 Å². The zero-order chi connectivity index (χ0) is 9.40. The van der Waals surface area contributed by atoms with Crippen molar-refractivity contribution in [2.45, 2.75) is 25.3 Å². The van der Waals surface area contributed by atoms with E-state index in [0.717, 1.165) is 12.8 Å². The SMILES string of the molecule is NCCCC[C@H](N)C(=O)OCCl. The summed E-state index contributed by atoms with van der Waals surface area (Å²) in [5.41, 5.74) is 10.7. The molecule has 0 spiro atoms. The third-order valence-electron chi connectivity index (χ3n) is 1.47. The molecule has 12 heavy (non-hydrogen) atoms. The molecule has 0 amide bonds. The summed E-state index contributed by atoms with van der Waals surface area (Å²) in [5.74, 6) is -0.443. The van der Waals surface area contributed by atoms with Gasteiger partial charge in [-0.2, -0.15) is 0 Å². The molecule has 0 aromatic heterocycles. The zero-order valence-corrected chi connectivity index (χ0v) is 7.72. The number of carbonyl (C=O) groups is 1. The number of carbonyl (C=O) groups excluding carboxylic acids is 1. The van der Waals surface area contributed by atoms with Gasteiger partial charge in [-0.05, 0) is 19.4 Å². The Morgan fingerprint density at radius 1 is 1.50 bits per heavy atom. The van der Waals surface area contributed by atoms with Crippen molar-refractivity contribution in [3.63, 3.8) is 0 Å². The molecule has 0 heterocycles. The first kappa shape index (κ1) is 11.7. The lowest BCUT2D eigenvalue weighted by molar-refractivity contribution is -0.143. The van der Waals surface area contributed by atoms with Gasteiger partial charge in [0.15, 0.2) is 6.07 Å². The molecule has 0 aliphatic carbocycles. The molecule has 0 fully saturated rings. The number of unbranched alkanes of at least 4 members (excludes halogenated alkanes) is 1. The molecule has 0 aliphatic heterocycles. The molecule has 0 unspecified atom stereocenters. The lowest BCUT2D eigenvalue weighted by Gasteiger charge is -2.08. The molecule has 0 bridgehead atoms. The van der Waals surface area contributed by atoms with Crippen LogP contribution in [0.2, 0.25) is 0 Å². The largest absolute Gasteiger partial charge is 0.448 e. The molecule has 0 radical (unpaired) electrons. The maximum Gasteiger partial charge on any atom is 0.324 e. The van der Waals surface area contributed by atoms with Gasteiger partial charge < -0.3 is 16.2 Å². The van der Waals surface area contributed by atoms with E-state index in [1.54, 1.807) is 0 Å². The fraction of sp³-hybridized carbons (Fsp3) is 0.857. The van der Waals surface area contributed by atoms with Crippen molar-refractivity contribution in [3.8, 4) is 0 Å². The molecule has 72 valence electrons. The summed E-state index contributed by atoms with van der Waals surface area (Å²) in [4.78, 5) is 10.9. The number of alkyl halides is 1. The smallest absolute Gasteiger partial charge is 0.324 e. The summed E-state index contributed by atoms with van der Waals surface area (Å²) < 4.78 is 4.50. The lowest BCUT2D eigenvalue weighted by atomic mass is 10.1. The highest BCUT2D eigenvalue weighted by Gasteiger charge is 2.13. The molecule has 0 aromatic rings. The second-order valence-corrected chi connectivity index (χ2v) is 2.68. The minimum Gasteiger partial charge on any atom is -0.448 e. The Hall–Kier alpha value is -0.320. The Balaban J connectivity index is 3.42. The molecule has 0 aromatic carbocycles. The van der Waals surface area contributed by atoms with Gasteiger partial charge >= 0.3 is 5.97 Å². The third-order valence-corrected chi connectivity index (χ3v) is 1.58. The molecule has 0 saturated carbocycles. The Labute approximate surface area is 77.2 Å². The maximum atomic E-state index is 10.9. The summed E-state index contributed by atoms with van der Waals surface area (Å²) in [7, 11) is 0.